The molecule has 0 radical (unpaired) electrons. The van der Waals surface area contributed by atoms with E-state index >= 15 is 0 Å². The van der Waals surface area contributed by atoms with Crippen molar-refractivity contribution in [2.24, 2.45) is 5.92 Å². The number of nitrogens with zero attached hydrogens (tertiary/aromatic N) is 1. The van der Waals surface area contributed by atoms with Gasteiger partial charge in [0.15, 0.2) is 0 Å². The number of amides is 3. The van der Waals surface area contributed by atoms with Crippen molar-refractivity contribution in [1.82, 2.24) is 15.6 Å². The van der Waals surface area contributed by atoms with E-state index in [1.165, 1.54) is 0 Å². The van der Waals surface area contributed by atoms with Gasteiger partial charge in [0.2, 0.25) is 11.8 Å². The Morgan fingerprint density at radius 2 is 1.97 bits per heavy atom. The lowest BCUT2D eigenvalue weighted by molar-refractivity contribution is -0.124. The van der Waals surface area contributed by atoms with Crippen LogP contribution in [0.5, 0.6) is 5.75 Å². The summed E-state index contributed by atoms with van der Waals surface area (Å²) in [4.78, 5) is 42.0. The van der Waals surface area contributed by atoms with E-state index in [0.29, 0.717) is 23.8 Å². The summed E-state index contributed by atoms with van der Waals surface area (Å²) in [5.41, 5.74) is 3.65. The van der Waals surface area contributed by atoms with Crippen LogP contribution in [0, 0.1) is 24.2 Å². The molecule has 37 heavy (non-hydrogen) atoms. The maximum absolute atomic E-state index is 13.3. The lowest BCUT2D eigenvalue weighted by atomic mass is 9.92. The zero-order valence-corrected chi connectivity index (χ0v) is 20.8. The van der Waals surface area contributed by atoms with Gasteiger partial charge in [0.1, 0.15) is 23.5 Å². The molecule has 9 heteroatoms. The zero-order valence-electron chi connectivity index (χ0n) is 20.8. The molecule has 1 unspecified atom stereocenters. The van der Waals surface area contributed by atoms with E-state index in [9.17, 15) is 19.6 Å². The van der Waals surface area contributed by atoms with Crippen LogP contribution < -0.4 is 20.7 Å². The molecule has 1 saturated carbocycles. The predicted octanol–water partition coefficient (Wildman–Crippen LogP) is 3.52. The SMILES string of the molecule is COc1cccc2[nH]c(C(=O)N[C@@H](CC3CC3)C(=O)N[C@H](C#N)CC3C(=O)Nc4ccc(C)cc43)cc12. The van der Waals surface area contributed by atoms with Crippen LogP contribution in [0.25, 0.3) is 10.9 Å². The first-order valence-electron chi connectivity index (χ1n) is 12.4. The molecule has 3 amide bonds. The van der Waals surface area contributed by atoms with Gasteiger partial charge in [-0.25, -0.2) is 0 Å². The largest absolute Gasteiger partial charge is 0.496 e. The summed E-state index contributed by atoms with van der Waals surface area (Å²) in [5.74, 6) is -0.556. The molecular weight excluding hydrogens is 470 g/mol. The topological polar surface area (TPSA) is 136 Å². The number of anilines is 1. The van der Waals surface area contributed by atoms with Crippen molar-refractivity contribution < 1.29 is 19.1 Å². The van der Waals surface area contributed by atoms with Crippen LogP contribution in [-0.2, 0) is 9.59 Å². The fraction of sp³-hybridized carbons (Fsp3) is 0.357. The average molecular weight is 500 g/mol. The molecule has 3 atom stereocenters. The molecular formula is C28H29N5O4. The highest BCUT2D eigenvalue weighted by Crippen LogP contribution is 2.36. The number of aryl methyl sites for hydroxylation is 1. The van der Waals surface area contributed by atoms with Gasteiger partial charge in [-0.3, -0.25) is 14.4 Å². The van der Waals surface area contributed by atoms with Crippen molar-refractivity contribution in [2.45, 2.75) is 50.6 Å². The molecule has 0 spiro atoms. The number of fused-ring (bicyclic) bond motifs is 2. The zero-order chi connectivity index (χ0) is 26.1. The number of aromatic amines is 1. The minimum atomic E-state index is -0.884. The number of ether oxygens (including phenoxy) is 1. The summed E-state index contributed by atoms with van der Waals surface area (Å²) in [6, 6.07) is 13.3. The molecule has 0 bridgehead atoms. The maximum Gasteiger partial charge on any atom is 0.268 e. The summed E-state index contributed by atoms with van der Waals surface area (Å²) in [7, 11) is 1.57. The minimum absolute atomic E-state index is 0.149. The summed E-state index contributed by atoms with van der Waals surface area (Å²) in [6.07, 6.45) is 2.65. The lowest BCUT2D eigenvalue weighted by Gasteiger charge is -2.21. The van der Waals surface area contributed by atoms with Crippen LogP contribution in [-0.4, -0.2) is 41.9 Å². The molecule has 1 aliphatic carbocycles. The number of hydrogen-bond donors (Lipinski definition) is 4. The first-order chi connectivity index (χ1) is 17.9. The Kier molecular flexibility index (Phi) is 6.57. The fourth-order valence-corrected chi connectivity index (χ4v) is 4.91. The van der Waals surface area contributed by atoms with Crippen LogP contribution in [0.1, 0.15) is 53.2 Å². The highest BCUT2D eigenvalue weighted by Gasteiger charge is 2.35. The van der Waals surface area contributed by atoms with Gasteiger partial charge in [-0.15, -0.1) is 0 Å². The molecule has 2 aromatic carbocycles. The Balaban J connectivity index is 1.29. The standard InChI is InChI=1S/C28H29N5O4/c1-15-6-9-22-18(10-15)19(26(34)32-22)12-17(14-29)30-27(35)23(11-16-7-8-16)33-28(36)24-13-20-21(31-24)4-3-5-25(20)37-2/h3-6,9-10,13,16-17,19,23,31H,7-8,11-12H2,1-2H3,(H,30,35)(H,32,34)(H,33,36)/t17-,19?,23-/m0/s1. The third-order valence-corrected chi connectivity index (χ3v) is 7.08. The Morgan fingerprint density at radius 3 is 2.70 bits per heavy atom. The maximum atomic E-state index is 13.3. The molecule has 190 valence electrons. The molecule has 3 aromatic rings. The quantitative estimate of drug-likeness (QED) is 0.357. The van der Waals surface area contributed by atoms with Crippen molar-refractivity contribution in [1.29, 1.82) is 5.26 Å². The van der Waals surface area contributed by atoms with Crippen molar-refractivity contribution in [3.63, 3.8) is 0 Å². The van der Waals surface area contributed by atoms with E-state index in [-0.39, 0.29) is 12.3 Å². The van der Waals surface area contributed by atoms with Gasteiger partial charge >= 0.3 is 0 Å². The monoisotopic (exact) mass is 499 g/mol. The molecule has 9 nitrogen and oxygen atoms in total. The highest BCUT2D eigenvalue weighted by molar-refractivity contribution is 6.03. The van der Waals surface area contributed by atoms with Gasteiger partial charge < -0.3 is 25.7 Å². The van der Waals surface area contributed by atoms with E-state index < -0.39 is 29.8 Å². The number of aromatic nitrogens is 1. The van der Waals surface area contributed by atoms with E-state index in [4.69, 9.17) is 4.74 Å². The second kappa shape index (κ2) is 9.97. The highest BCUT2D eigenvalue weighted by atomic mass is 16.5. The fourth-order valence-electron chi connectivity index (χ4n) is 4.91. The first-order valence-corrected chi connectivity index (χ1v) is 12.4. The smallest absolute Gasteiger partial charge is 0.268 e. The number of hydrogen-bond acceptors (Lipinski definition) is 5. The lowest BCUT2D eigenvalue weighted by Crippen LogP contribution is -2.50. The number of carbonyl (C=O) groups excluding carboxylic acids is 3. The van der Waals surface area contributed by atoms with Crippen LogP contribution >= 0.6 is 0 Å². The second-order valence-electron chi connectivity index (χ2n) is 9.87. The van der Waals surface area contributed by atoms with E-state index in [0.717, 1.165) is 40.6 Å². The van der Waals surface area contributed by atoms with E-state index in [2.05, 4.69) is 27.0 Å². The normalized spacial score (nSPS) is 17.9. The molecule has 0 saturated heterocycles. The molecule has 4 N–H and O–H groups in total. The Labute approximate surface area is 214 Å². The van der Waals surface area contributed by atoms with Crippen molar-refractivity contribution >= 4 is 34.3 Å². The average Bonchev–Trinajstić information content (AvgIpc) is 3.51. The van der Waals surface area contributed by atoms with Gasteiger partial charge in [0.25, 0.3) is 5.91 Å². The minimum Gasteiger partial charge on any atom is -0.496 e. The summed E-state index contributed by atoms with van der Waals surface area (Å²) >= 11 is 0. The predicted molar refractivity (Wildman–Crippen MR) is 138 cm³/mol. The molecule has 2 heterocycles. The van der Waals surface area contributed by atoms with Crippen molar-refractivity contribution in [2.75, 3.05) is 12.4 Å². The molecule has 1 aromatic heterocycles. The molecule has 1 fully saturated rings. The number of benzene rings is 2. The number of rotatable bonds is 9. The third kappa shape index (κ3) is 5.14. The summed E-state index contributed by atoms with van der Waals surface area (Å²) in [6.45, 7) is 1.94. The number of nitriles is 1. The van der Waals surface area contributed by atoms with Gasteiger partial charge in [0, 0.05) is 16.6 Å². The van der Waals surface area contributed by atoms with Gasteiger partial charge in [-0.2, -0.15) is 5.26 Å². The van der Waals surface area contributed by atoms with E-state index in [1.807, 2.05) is 43.3 Å². The number of carbonyl (C=O) groups is 3. The van der Waals surface area contributed by atoms with Crippen LogP contribution in [0.3, 0.4) is 0 Å². The Hall–Kier alpha value is -4.32. The molecule has 5 rings (SSSR count). The first kappa shape index (κ1) is 24.4. The van der Waals surface area contributed by atoms with Gasteiger partial charge in [0.05, 0.1) is 19.1 Å². The molecule has 2 aliphatic rings. The van der Waals surface area contributed by atoms with Crippen molar-refractivity contribution in [3.8, 4) is 11.8 Å². The Morgan fingerprint density at radius 1 is 1.16 bits per heavy atom. The summed E-state index contributed by atoms with van der Waals surface area (Å²) in [5, 5.41) is 19.0. The summed E-state index contributed by atoms with van der Waals surface area (Å²) < 4.78 is 5.37. The van der Waals surface area contributed by atoms with Crippen LogP contribution in [0.4, 0.5) is 5.69 Å². The number of nitrogens with one attached hydrogen (secondary N) is 4. The van der Waals surface area contributed by atoms with Crippen LogP contribution in [0.15, 0.2) is 42.5 Å². The van der Waals surface area contributed by atoms with Crippen LogP contribution in [0.2, 0.25) is 0 Å². The third-order valence-electron chi connectivity index (χ3n) is 7.08. The second-order valence-corrected chi connectivity index (χ2v) is 9.87. The number of methoxy groups -OCH3 is 1. The van der Waals surface area contributed by atoms with Crippen molar-refractivity contribution in [3.05, 3.63) is 59.3 Å². The molecule has 1 aliphatic heterocycles. The van der Waals surface area contributed by atoms with Gasteiger partial charge in [-0.1, -0.05) is 36.6 Å². The van der Waals surface area contributed by atoms with Gasteiger partial charge in [-0.05, 0) is 55.5 Å². The van der Waals surface area contributed by atoms with E-state index in [1.54, 1.807) is 13.2 Å². The Bertz CT molecular complexity index is 1420. The number of H-pyrrole nitrogens is 1.